The van der Waals surface area contributed by atoms with Crippen LogP contribution in [0.4, 0.5) is 5.82 Å². The van der Waals surface area contributed by atoms with Crippen molar-refractivity contribution in [3.8, 4) is 23.1 Å². The van der Waals surface area contributed by atoms with E-state index in [1.807, 2.05) is 30.3 Å². The Morgan fingerprint density at radius 2 is 1.96 bits per heavy atom. The number of nitrogens with zero attached hydrogens (tertiary/aromatic N) is 2. The lowest BCUT2D eigenvalue weighted by molar-refractivity contribution is 0.289. The highest BCUT2D eigenvalue weighted by Gasteiger charge is 2.54. The van der Waals surface area contributed by atoms with Crippen LogP contribution >= 0.6 is 7.82 Å². The van der Waals surface area contributed by atoms with Gasteiger partial charge in [-0.1, -0.05) is 30.3 Å². The molecule has 9 heteroatoms. The number of benzene rings is 1. The normalized spacial score (nSPS) is 19.9. The zero-order valence-electron chi connectivity index (χ0n) is 12.6. The number of phosphoric acid groups is 1. The Kier molecular flexibility index (Phi) is 2.46. The summed E-state index contributed by atoms with van der Waals surface area (Å²) in [6.45, 7) is 2.06. The summed E-state index contributed by atoms with van der Waals surface area (Å²) in [5, 5.41) is 0. The highest BCUT2D eigenvalue weighted by molar-refractivity contribution is 7.50. The van der Waals surface area contributed by atoms with Crippen LogP contribution in [-0.4, -0.2) is 9.38 Å². The molecule has 122 valence electrons. The lowest BCUT2D eigenvalue weighted by Gasteiger charge is -2.16. The summed E-state index contributed by atoms with van der Waals surface area (Å²) >= 11 is 0. The molecule has 4 heterocycles. The average Bonchev–Trinajstić information content (AvgIpc) is 3.17. The van der Waals surface area contributed by atoms with Gasteiger partial charge in [-0.05, 0) is 12.5 Å². The maximum Gasteiger partial charge on any atom is 0.649 e. The monoisotopic (exact) mass is 345 g/mol. The third-order valence-corrected chi connectivity index (χ3v) is 5.15. The van der Waals surface area contributed by atoms with Gasteiger partial charge in [-0.2, -0.15) is 4.57 Å². The topological polar surface area (TPSA) is 97.3 Å². The first-order valence-corrected chi connectivity index (χ1v) is 8.72. The van der Waals surface area contributed by atoms with Gasteiger partial charge in [-0.3, -0.25) is 0 Å². The maximum atomic E-state index is 12.3. The molecule has 2 aliphatic rings. The molecule has 2 aromatic heterocycles. The van der Waals surface area contributed by atoms with Crippen molar-refractivity contribution >= 4 is 19.3 Å². The summed E-state index contributed by atoms with van der Waals surface area (Å²) in [7, 11) is -3.67. The first kappa shape index (κ1) is 13.6. The molecule has 0 fully saturated rings. The molecule has 0 radical (unpaired) electrons. The second-order valence-electron chi connectivity index (χ2n) is 5.53. The Morgan fingerprint density at radius 3 is 2.71 bits per heavy atom. The van der Waals surface area contributed by atoms with Crippen molar-refractivity contribution in [1.29, 1.82) is 0 Å². The standard InChI is InChI=1S/C15H12N3O5P/c1-8-13(16)18-14(17-8)11(20-7-9-5-3-2-4-6-9)10-12-15(18)23-24(19,21-10)22-12/h2-6H,7,16H2,1H3. The third-order valence-electron chi connectivity index (χ3n) is 3.94. The van der Waals surface area contributed by atoms with Crippen LogP contribution in [0, 0.1) is 6.92 Å². The van der Waals surface area contributed by atoms with Crippen LogP contribution < -0.4 is 24.0 Å². The van der Waals surface area contributed by atoms with Crippen molar-refractivity contribution in [2.45, 2.75) is 13.5 Å². The van der Waals surface area contributed by atoms with E-state index < -0.39 is 7.82 Å². The van der Waals surface area contributed by atoms with Crippen LogP contribution in [0.15, 0.2) is 30.3 Å². The third kappa shape index (κ3) is 1.68. The summed E-state index contributed by atoms with van der Waals surface area (Å²) in [5.74, 6) is 1.42. The quantitative estimate of drug-likeness (QED) is 0.729. The number of aryl methyl sites for hydroxylation is 1. The van der Waals surface area contributed by atoms with Gasteiger partial charge < -0.3 is 24.0 Å². The van der Waals surface area contributed by atoms with E-state index in [0.717, 1.165) is 5.56 Å². The Morgan fingerprint density at radius 1 is 1.21 bits per heavy atom. The van der Waals surface area contributed by atoms with Crippen molar-refractivity contribution in [2.75, 3.05) is 5.73 Å². The van der Waals surface area contributed by atoms with Crippen molar-refractivity contribution in [3.05, 3.63) is 41.6 Å². The van der Waals surface area contributed by atoms with E-state index in [0.29, 0.717) is 29.5 Å². The number of aromatic nitrogens is 2. The van der Waals surface area contributed by atoms with Gasteiger partial charge in [0.05, 0.1) is 5.69 Å². The summed E-state index contributed by atoms with van der Waals surface area (Å²) in [5.41, 5.74) is 8.09. The Balaban J connectivity index is 1.69. The first-order chi connectivity index (χ1) is 11.6. The number of hydrogen-bond donors (Lipinski definition) is 1. The second kappa shape index (κ2) is 4.36. The molecular weight excluding hydrogens is 333 g/mol. The summed E-state index contributed by atoms with van der Waals surface area (Å²) in [6, 6.07) is 9.65. The fourth-order valence-electron chi connectivity index (χ4n) is 2.79. The Labute approximate surface area is 136 Å². The number of hydrogen-bond acceptors (Lipinski definition) is 7. The first-order valence-electron chi connectivity index (χ1n) is 7.26. The summed E-state index contributed by atoms with van der Waals surface area (Å²) in [6.07, 6.45) is 0. The molecule has 24 heavy (non-hydrogen) atoms. The molecule has 1 unspecified atom stereocenters. The van der Waals surface area contributed by atoms with Gasteiger partial charge in [0, 0.05) is 0 Å². The van der Waals surface area contributed by atoms with Crippen LogP contribution in [0.3, 0.4) is 0 Å². The fourth-order valence-corrected chi connectivity index (χ4v) is 4.06. The van der Waals surface area contributed by atoms with Crippen molar-refractivity contribution in [2.24, 2.45) is 0 Å². The van der Waals surface area contributed by atoms with Gasteiger partial charge in [0.1, 0.15) is 12.4 Å². The molecule has 0 aliphatic carbocycles. The number of rotatable bonds is 3. The lowest BCUT2D eigenvalue weighted by atomic mass is 10.2. The van der Waals surface area contributed by atoms with Gasteiger partial charge in [0.2, 0.25) is 17.2 Å². The number of anilines is 1. The van der Waals surface area contributed by atoms with Crippen LogP contribution in [0.25, 0.3) is 5.65 Å². The van der Waals surface area contributed by atoms with E-state index >= 15 is 0 Å². The predicted octanol–water partition coefficient (Wildman–Crippen LogP) is 3.08. The molecule has 1 atom stereocenters. The summed E-state index contributed by atoms with van der Waals surface area (Å²) < 4.78 is 35.7. The molecule has 0 saturated heterocycles. The number of phosphoric ester groups is 1. The number of pyridine rings is 1. The van der Waals surface area contributed by atoms with E-state index in [4.69, 9.17) is 24.0 Å². The molecule has 3 aromatic rings. The molecule has 5 rings (SSSR count). The molecule has 0 amide bonds. The zero-order chi connectivity index (χ0) is 16.5. The van der Waals surface area contributed by atoms with E-state index in [9.17, 15) is 4.57 Å². The van der Waals surface area contributed by atoms with Gasteiger partial charge in [0.15, 0.2) is 5.65 Å². The number of ether oxygens (including phenoxy) is 1. The van der Waals surface area contributed by atoms with Crippen LogP contribution in [0.2, 0.25) is 0 Å². The minimum absolute atomic E-state index is 0.234. The van der Waals surface area contributed by atoms with Gasteiger partial charge in [-0.15, -0.1) is 0 Å². The van der Waals surface area contributed by atoms with Gasteiger partial charge >= 0.3 is 7.82 Å². The molecule has 2 N–H and O–H groups in total. The average molecular weight is 345 g/mol. The molecule has 0 spiro atoms. The SMILES string of the molecule is Cc1nc2c(OCc3ccccc3)c3c4c(n2c1N)OP(=O)(O3)O4. The lowest BCUT2D eigenvalue weighted by Crippen LogP contribution is -2.06. The highest BCUT2D eigenvalue weighted by atomic mass is 31.2. The number of imidazole rings is 1. The van der Waals surface area contributed by atoms with Crippen molar-refractivity contribution in [1.82, 2.24) is 9.38 Å². The van der Waals surface area contributed by atoms with Crippen LogP contribution in [0.1, 0.15) is 11.3 Å². The summed E-state index contributed by atoms with van der Waals surface area (Å²) in [4.78, 5) is 4.42. The maximum absolute atomic E-state index is 12.3. The molecule has 2 aliphatic heterocycles. The zero-order valence-corrected chi connectivity index (χ0v) is 13.4. The second-order valence-corrected chi connectivity index (χ2v) is 6.97. The van der Waals surface area contributed by atoms with Crippen molar-refractivity contribution < 1.29 is 22.9 Å². The Bertz CT molecular complexity index is 1050. The number of nitrogens with two attached hydrogens (primary N) is 1. The predicted molar refractivity (Wildman–Crippen MR) is 84.6 cm³/mol. The minimum atomic E-state index is -3.67. The van der Waals surface area contributed by atoms with Crippen molar-refractivity contribution in [3.63, 3.8) is 0 Å². The van der Waals surface area contributed by atoms with E-state index in [1.54, 1.807) is 6.92 Å². The number of nitrogen functional groups attached to an aromatic ring is 1. The fraction of sp³-hybridized carbons (Fsp3) is 0.133. The highest BCUT2D eigenvalue weighted by Crippen LogP contribution is 2.71. The van der Waals surface area contributed by atoms with E-state index in [-0.39, 0.29) is 17.4 Å². The molecule has 8 nitrogen and oxygen atoms in total. The van der Waals surface area contributed by atoms with Crippen LogP contribution in [-0.2, 0) is 11.2 Å². The Hall–Kier alpha value is -2.86. The van der Waals surface area contributed by atoms with E-state index in [1.165, 1.54) is 4.40 Å². The molecular formula is C15H12N3O5P. The van der Waals surface area contributed by atoms with Gasteiger partial charge in [-0.25, -0.2) is 9.38 Å². The minimum Gasteiger partial charge on any atom is -0.481 e. The molecule has 1 aromatic carbocycles. The van der Waals surface area contributed by atoms with E-state index in [2.05, 4.69) is 4.98 Å². The number of fused-ring (bicyclic) bond motifs is 3. The molecule has 0 saturated carbocycles. The largest absolute Gasteiger partial charge is 0.649 e. The van der Waals surface area contributed by atoms with Gasteiger partial charge in [0.25, 0.3) is 5.88 Å². The smallest absolute Gasteiger partial charge is 0.481 e. The van der Waals surface area contributed by atoms with Crippen LogP contribution in [0.5, 0.6) is 23.1 Å². The molecule has 2 bridgehead atoms.